The number of ether oxygens (including phenoxy) is 1. The average molecular weight is 418 g/mol. The molecule has 150 valence electrons. The molecule has 1 aromatic heterocycles. The van der Waals surface area contributed by atoms with E-state index in [1.165, 1.54) is 18.4 Å². The molecule has 2 heterocycles. The van der Waals surface area contributed by atoms with Crippen LogP contribution in [0.15, 0.2) is 53.5 Å². The van der Waals surface area contributed by atoms with E-state index in [0.29, 0.717) is 22.6 Å². The number of benzene rings is 2. The van der Waals surface area contributed by atoms with Crippen molar-refractivity contribution in [1.29, 1.82) is 5.26 Å². The van der Waals surface area contributed by atoms with Gasteiger partial charge in [-0.1, -0.05) is 18.2 Å². The summed E-state index contributed by atoms with van der Waals surface area (Å²) in [5.41, 5.74) is 4.51. The number of aromatic nitrogens is 1. The second kappa shape index (κ2) is 7.89. The number of thiazole rings is 1. The lowest BCUT2D eigenvalue weighted by atomic mass is 9.95. The number of rotatable bonds is 4. The van der Waals surface area contributed by atoms with Crippen LogP contribution in [0.3, 0.4) is 0 Å². The maximum absolute atomic E-state index is 12.1. The molecule has 8 heteroatoms. The first-order chi connectivity index (χ1) is 14.5. The fourth-order valence-electron chi connectivity index (χ4n) is 3.36. The molecule has 3 N–H and O–H groups in total. The second-order valence-electron chi connectivity index (χ2n) is 6.73. The third kappa shape index (κ3) is 3.58. The summed E-state index contributed by atoms with van der Waals surface area (Å²) in [6.07, 6.45) is 0. The topological polar surface area (TPSA) is 107 Å². The van der Waals surface area contributed by atoms with Crippen molar-refractivity contribution in [3.05, 3.63) is 69.7 Å². The van der Waals surface area contributed by atoms with Gasteiger partial charge in [0.1, 0.15) is 5.01 Å². The van der Waals surface area contributed by atoms with Gasteiger partial charge in [0.15, 0.2) is 11.5 Å². The molecular formula is C22H18N4O3S. The maximum Gasteiger partial charge on any atom is 0.319 e. The SMILES string of the molecule is COc1ccc(C2NC(=O)NC(C)=C2c2nc(-c3ccc(C#N)cc3)cs2)cc1O. The predicted molar refractivity (Wildman–Crippen MR) is 114 cm³/mol. The van der Waals surface area contributed by atoms with E-state index in [1.807, 2.05) is 24.4 Å². The van der Waals surface area contributed by atoms with Gasteiger partial charge in [0.2, 0.25) is 0 Å². The van der Waals surface area contributed by atoms with E-state index in [4.69, 9.17) is 15.0 Å². The summed E-state index contributed by atoms with van der Waals surface area (Å²) in [6.45, 7) is 1.83. The molecule has 7 nitrogen and oxygen atoms in total. The van der Waals surface area contributed by atoms with Gasteiger partial charge >= 0.3 is 6.03 Å². The van der Waals surface area contributed by atoms with Gasteiger partial charge in [-0.3, -0.25) is 0 Å². The van der Waals surface area contributed by atoms with Crippen molar-refractivity contribution in [1.82, 2.24) is 15.6 Å². The number of nitrogens with zero attached hydrogens (tertiary/aromatic N) is 2. The Bertz CT molecular complexity index is 1190. The van der Waals surface area contributed by atoms with E-state index in [-0.39, 0.29) is 11.8 Å². The molecular weight excluding hydrogens is 400 g/mol. The van der Waals surface area contributed by atoms with Crippen molar-refractivity contribution in [2.75, 3.05) is 7.11 Å². The number of methoxy groups -OCH3 is 1. The Labute approximate surface area is 177 Å². The number of nitriles is 1. The van der Waals surface area contributed by atoms with Crippen LogP contribution in [0.5, 0.6) is 11.5 Å². The van der Waals surface area contributed by atoms with Crippen LogP contribution in [0, 0.1) is 11.3 Å². The lowest BCUT2D eigenvalue weighted by Gasteiger charge is -2.28. The summed E-state index contributed by atoms with van der Waals surface area (Å²) in [5, 5.41) is 27.6. The number of phenolic OH excluding ortho intramolecular Hbond substituents is 1. The molecule has 0 radical (unpaired) electrons. The number of hydrogen-bond acceptors (Lipinski definition) is 6. The van der Waals surface area contributed by atoms with Crippen LogP contribution in [0.1, 0.15) is 29.1 Å². The molecule has 4 rings (SSSR count). The van der Waals surface area contributed by atoms with Gasteiger partial charge in [-0.2, -0.15) is 5.26 Å². The summed E-state index contributed by atoms with van der Waals surface area (Å²) in [7, 11) is 1.48. The standard InChI is InChI=1S/C22H18N4O3S/c1-12-19(21-25-16(11-30-21)14-5-3-13(10-23)4-6-14)20(26-22(28)24-12)15-7-8-18(29-2)17(27)9-15/h3-9,11,20,27H,1-2H3,(H2,24,26,28). The van der Waals surface area contributed by atoms with E-state index in [2.05, 4.69) is 16.7 Å². The molecule has 0 saturated heterocycles. The van der Waals surface area contributed by atoms with Crippen LogP contribution >= 0.6 is 11.3 Å². The lowest BCUT2D eigenvalue weighted by Crippen LogP contribution is -2.42. The van der Waals surface area contributed by atoms with Crippen molar-refractivity contribution in [2.45, 2.75) is 13.0 Å². The van der Waals surface area contributed by atoms with Gasteiger partial charge in [-0.05, 0) is 36.8 Å². The molecule has 0 aliphatic carbocycles. The number of carbonyl (C=O) groups excluding carboxylic acids is 1. The molecule has 0 fully saturated rings. The highest BCUT2D eigenvalue weighted by Crippen LogP contribution is 2.39. The van der Waals surface area contributed by atoms with Gasteiger partial charge in [-0.15, -0.1) is 11.3 Å². The van der Waals surface area contributed by atoms with Crippen molar-refractivity contribution < 1.29 is 14.6 Å². The number of allylic oxidation sites excluding steroid dienone is 1. The second-order valence-corrected chi connectivity index (χ2v) is 7.59. The van der Waals surface area contributed by atoms with Crippen LogP contribution in [0.4, 0.5) is 4.79 Å². The summed E-state index contributed by atoms with van der Waals surface area (Å²) in [4.78, 5) is 16.9. The summed E-state index contributed by atoms with van der Waals surface area (Å²) in [5.74, 6) is 0.357. The Morgan fingerprint density at radius 2 is 2.00 bits per heavy atom. The highest BCUT2D eigenvalue weighted by Gasteiger charge is 2.30. The average Bonchev–Trinajstić information content (AvgIpc) is 3.22. The Balaban J connectivity index is 1.74. The smallest absolute Gasteiger partial charge is 0.319 e. The van der Waals surface area contributed by atoms with Crippen LogP contribution in [0.25, 0.3) is 16.8 Å². The molecule has 0 saturated carbocycles. The fourth-order valence-corrected chi connectivity index (χ4v) is 4.32. The van der Waals surface area contributed by atoms with E-state index in [0.717, 1.165) is 21.8 Å². The molecule has 0 bridgehead atoms. The summed E-state index contributed by atoms with van der Waals surface area (Å²) < 4.78 is 5.12. The van der Waals surface area contributed by atoms with Gasteiger partial charge in [0, 0.05) is 22.2 Å². The van der Waals surface area contributed by atoms with E-state index < -0.39 is 6.04 Å². The molecule has 3 aromatic rings. The third-order valence-electron chi connectivity index (χ3n) is 4.85. The largest absolute Gasteiger partial charge is 0.504 e. The van der Waals surface area contributed by atoms with Gasteiger partial charge in [-0.25, -0.2) is 9.78 Å². The Kier molecular flexibility index (Phi) is 5.12. The zero-order valence-electron chi connectivity index (χ0n) is 16.3. The van der Waals surface area contributed by atoms with E-state index >= 15 is 0 Å². The molecule has 1 atom stereocenters. The zero-order valence-corrected chi connectivity index (χ0v) is 17.1. The minimum atomic E-state index is -0.476. The first-order valence-electron chi connectivity index (χ1n) is 9.11. The number of urea groups is 1. The minimum Gasteiger partial charge on any atom is -0.504 e. The van der Waals surface area contributed by atoms with E-state index in [9.17, 15) is 9.90 Å². The number of carbonyl (C=O) groups is 1. The molecule has 30 heavy (non-hydrogen) atoms. The van der Waals surface area contributed by atoms with Gasteiger partial charge in [0.05, 0.1) is 30.5 Å². The number of phenols is 1. The normalized spacial score (nSPS) is 15.9. The van der Waals surface area contributed by atoms with Crippen molar-refractivity contribution >= 4 is 22.9 Å². The van der Waals surface area contributed by atoms with E-state index in [1.54, 1.807) is 30.3 Å². The zero-order chi connectivity index (χ0) is 21.3. The molecule has 2 aromatic carbocycles. The number of aromatic hydroxyl groups is 1. The number of amides is 2. The van der Waals surface area contributed by atoms with Crippen LogP contribution in [-0.4, -0.2) is 23.2 Å². The predicted octanol–water partition coefficient (Wildman–Crippen LogP) is 4.18. The Morgan fingerprint density at radius 1 is 1.23 bits per heavy atom. The van der Waals surface area contributed by atoms with Gasteiger partial charge < -0.3 is 20.5 Å². The molecule has 1 unspecified atom stereocenters. The molecule has 0 spiro atoms. The van der Waals surface area contributed by atoms with Crippen LogP contribution in [-0.2, 0) is 0 Å². The Morgan fingerprint density at radius 3 is 2.67 bits per heavy atom. The maximum atomic E-state index is 12.1. The Hall–Kier alpha value is -3.83. The summed E-state index contributed by atoms with van der Waals surface area (Å²) >= 11 is 1.46. The highest BCUT2D eigenvalue weighted by atomic mass is 32.1. The van der Waals surface area contributed by atoms with Crippen molar-refractivity contribution in [3.8, 4) is 28.8 Å². The minimum absolute atomic E-state index is 0.00260. The number of hydrogen-bond donors (Lipinski definition) is 3. The molecule has 1 aliphatic rings. The monoisotopic (exact) mass is 418 g/mol. The van der Waals surface area contributed by atoms with Crippen LogP contribution < -0.4 is 15.4 Å². The summed E-state index contributed by atoms with van der Waals surface area (Å²) in [6, 6.07) is 13.6. The lowest BCUT2D eigenvalue weighted by molar-refractivity contribution is 0.240. The first-order valence-corrected chi connectivity index (χ1v) is 9.99. The quantitative estimate of drug-likeness (QED) is 0.589. The van der Waals surface area contributed by atoms with Crippen molar-refractivity contribution in [2.24, 2.45) is 0 Å². The highest BCUT2D eigenvalue weighted by molar-refractivity contribution is 7.11. The third-order valence-corrected chi connectivity index (χ3v) is 5.73. The fraction of sp³-hybridized carbons (Fsp3) is 0.136. The number of nitrogens with one attached hydrogen (secondary N) is 2. The van der Waals surface area contributed by atoms with Gasteiger partial charge in [0.25, 0.3) is 0 Å². The van der Waals surface area contributed by atoms with Crippen LogP contribution in [0.2, 0.25) is 0 Å². The molecule has 2 amide bonds. The molecule has 1 aliphatic heterocycles. The first kappa shape index (κ1) is 19.5. The van der Waals surface area contributed by atoms with Crippen molar-refractivity contribution in [3.63, 3.8) is 0 Å².